The number of amides is 1. The highest BCUT2D eigenvalue weighted by molar-refractivity contribution is 6.30. The number of carboxylic acid groups (broad SMARTS) is 1. The Kier molecular flexibility index (Phi) is 3.60. The van der Waals surface area contributed by atoms with Crippen molar-refractivity contribution in [2.24, 2.45) is 5.41 Å². The number of likely N-dealkylation sites (tertiary alicyclic amines) is 1. The molecule has 0 aliphatic carbocycles. The predicted molar refractivity (Wildman–Crippen MR) is 81.9 cm³/mol. The van der Waals surface area contributed by atoms with Crippen LogP contribution < -0.4 is 4.74 Å². The molecule has 2 heterocycles. The Morgan fingerprint density at radius 3 is 2.86 bits per heavy atom. The highest BCUT2D eigenvalue weighted by atomic mass is 35.5. The molecule has 0 spiro atoms. The van der Waals surface area contributed by atoms with E-state index in [1.807, 2.05) is 0 Å². The van der Waals surface area contributed by atoms with Crippen molar-refractivity contribution in [3.8, 4) is 5.75 Å². The van der Waals surface area contributed by atoms with Gasteiger partial charge in [-0.25, -0.2) is 0 Å². The number of rotatable bonds is 2. The Morgan fingerprint density at radius 1 is 1.41 bits per heavy atom. The third-order valence-electron chi connectivity index (χ3n) is 4.24. The second kappa shape index (κ2) is 5.32. The zero-order valence-corrected chi connectivity index (χ0v) is 12.9. The Morgan fingerprint density at radius 2 is 2.18 bits per heavy atom. The first-order valence-electron chi connectivity index (χ1n) is 7.05. The summed E-state index contributed by atoms with van der Waals surface area (Å²) in [6.45, 7) is 2.53. The quantitative estimate of drug-likeness (QED) is 0.908. The molecule has 0 saturated carbocycles. The van der Waals surface area contributed by atoms with E-state index in [1.54, 1.807) is 36.1 Å². The van der Waals surface area contributed by atoms with Gasteiger partial charge in [-0.1, -0.05) is 11.6 Å². The summed E-state index contributed by atoms with van der Waals surface area (Å²) in [7, 11) is 0. The average molecular weight is 322 g/mol. The number of aliphatic carboxylic acids is 1. The molecule has 1 fully saturated rings. The first-order chi connectivity index (χ1) is 10.4. The van der Waals surface area contributed by atoms with Crippen molar-refractivity contribution in [2.75, 3.05) is 19.7 Å². The van der Waals surface area contributed by atoms with Crippen molar-refractivity contribution in [1.29, 1.82) is 0 Å². The monoisotopic (exact) mass is 321 g/mol. The van der Waals surface area contributed by atoms with Gasteiger partial charge in [0.05, 0.1) is 11.0 Å². The summed E-state index contributed by atoms with van der Waals surface area (Å²) >= 11 is 5.96. The number of carbonyl (C=O) groups is 2. The maximum Gasteiger partial charge on any atom is 0.311 e. The van der Waals surface area contributed by atoms with Gasteiger partial charge in [-0.2, -0.15) is 0 Å². The van der Waals surface area contributed by atoms with E-state index < -0.39 is 11.4 Å². The van der Waals surface area contributed by atoms with Gasteiger partial charge in [0, 0.05) is 23.7 Å². The molecule has 1 aromatic rings. The molecule has 1 N–H and O–H groups in total. The van der Waals surface area contributed by atoms with E-state index in [4.69, 9.17) is 16.3 Å². The molecule has 22 heavy (non-hydrogen) atoms. The number of halogens is 1. The lowest BCUT2D eigenvalue weighted by Gasteiger charge is -2.23. The van der Waals surface area contributed by atoms with Gasteiger partial charge in [0.2, 0.25) is 0 Å². The maximum atomic E-state index is 12.6. The highest BCUT2D eigenvalue weighted by Gasteiger charge is 2.42. The summed E-state index contributed by atoms with van der Waals surface area (Å²) in [6.07, 6.45) is 2.23. The zero-order chi connectivity index (χ0) is 15.9. The number of hydrogen-bond donors (Lipinski definition) is 1. The number of ether oxygens (including phenoxy) is 1. The summed E-state index contributed by atoms with van der Waals surface area (Å²) in [5.41, 5.74) is 0.416. The Balaban J connectivity index is 1.81. The van der Waals surface area contributed by atoms with Crippen molar-refractivity contribution >= 4 is 29.6 Å². The fourth-order valence-electron chi connectivity index (χ4n) is 2.78. The fraction of sp³-hybridized carbons (Fsp3) is 0.375. The lowest BCUT2D eigenvalue weighted by molar-refractivity contribution is -0.147. The van der Waals surface area contributed by atoms with Crippen LogP contribution in [-0.4, -0.2) is 41.6 Å². The predicted octanol–water partition coefficient (Wildman–Crippen LogP) is 2.44. The Labute approximate surface area is 133 Å². The van der Waals surface area contributed by atoms with Crippen LogP contribution in [0.5, 0.6) is 5.75 Å². The van der Waals surface area contributed by atoms with Crippen LogP contribution in [0, 0.1) is 5.41 Å². The van der Waals surface area contributed by atoms with Crippen molar-refractivity contribution < 1.29 is 19.4 Å². The molecular weight excluding hydrogens is 306 g/mol. The van der Waals surface area contributed by atoms with Gasteiger partial charge in [0.25, 0.3) is 5.91 Å². The number of benzene rings is 1. The molecule has 1 unspecified atom stereocenters. The van der Waals surface area contributed by atoms with Crippen LogP contribution in [0.3, 0.4) is 0 Å². The fourth-order valence-corrected chi connectivity index (χ4v) is 2.96. The minimum Gasteiger partial charge on any atom is -0.488 e. The summed E-state index contributed by atoms with van der Waals surface area (Å²) in [6, 6.07) is 5.25. The van der Waals surface area contributed by atoms with Gasteiger partial charge in [-0.3, -0.25) is 9.59 Å². The van der Waals surface area contributed by atoms with Gasteiger partial charge in [-0.15, -0.1) is 0 Å². The Bertz CT molecular complexity index is 685. The van der Waals surface area contributed by atoms with E-state index in [0.29, 0.717) is 29.3 Å². The molecule has 1 aromatic carbocycles. The normalized spacial score (nSPS) is 23.5. The van der Waals surface area contributed by atoms with E-state index in [1.165, 1.54) is 0 Å². The summed E-state index contributed by atoms with van der Waals surface area (Å²) in [5.74, 6) is -0.345. The van der Waals surface area contributed by atoms with Crippen LogP contribution in [0.1, 0.15) is 18.9 Å². The van der Waals surface area contributed by atoms with Gasteiger partial charge >= 0.3 is 5.97 Å². The highest BCUT2D eigenvalue weighted by Crippen LogP contribution is 2.33. The third kappa shape index (κ3) is 2.57. The average Bonchev–Trinajstić information content (AvgIpc) is 2.89. The third-order valence-corrected chi connectivity index (χ3v) is 4.47. The van der Waals surface area contributed by atoms with E-state index in [0.717, 1.165) is 5.56 Å². The lowest BCUT2D eigenvalue weighted by Crippen LogP contribution is -2.36. The molecule has 3 rings (SSSR count). The van der Waals surface area contributed by atoms with E-state index in [-0.39, 0.29) is 19.1 Å². The minimum atomic E-state index is -0.868. The first-order valence-corrected chi connectivity index (χ1v) is 7.42. The molecule has 6 heteroatoms. The summed E-state index contributed by atoms with van der Waals surface area (Å²) < 4.78 is 5.58. The SMILES string of the molecule is CC1(C(=O)O)CCN(C(=O)C2=Cc3cc(Cl)ccc3OC2)C1. The summed E-state index contributed by atoms with van der Waals surface area (Å²) in [4.78, 5) is 25.4. The number of carbonyl (C=O) groups excluding carboxylic acids is 1. The largest absolute Gasteiger partial charge is 0.488 e. The van der Waals surface area contributed by atoms with E-state index in [2.05, 4.69) is 0 Å². The van der Waals surface area contributed by atoms with Gasteiger partial charge < -0.3 is 14.7 Å². The molecule has 0 radical (unpaired) electrons. The minimum absolute atomic E-state index is 0.171. The van der Waals surface area contributed by atoms with Crippen LogP contribution >= 0.6 is 11.6 Å². The molecule has 1 atom stereocenters. The number of hydrogen-bond acceptors (Lipinski definition) is 3. The summed E-state index contributed by atoms with van der Waals surface area (Å²) in [5, 5.41) is 9.83. The molecule has 5 nitrogen and oxygen atoms in total. The molecule has 1 saturated heterocycles. The number of nitrogens with zero attached hydrogens (tertiary/aromatic N) is 1. The van der Waals surface area contributed by atoms with Crippen LogP contribution in [-0.2, 0) is 9.59 Å². The van der Waals surface area contributed by atoms with Crippen LogP contribution in [0.2, 0.25) is 5.02 Å². The molecule has 0 aromatic heterocycles. The topological polar surface area (TPSA) is 66.8 Å². The van der Waals surface area contributed by atoms with Crippen LogP contribution in [0.25, 0.3) is 6.08 Å². The second-order valence-electron chi connectivity index (χ2n) is 5.98. The molecule has 0 bridgehead atoms. The van der Waals surface area contributed by atoms with Crippen molar-refractivity contribution in [2.45, 2.75) is 13.3 Å². The zero-order valence-electron chi connectivity index (χ0n) is 12.1. The van der Waals surface area contributed by atoms with Crippen molar-refractivity contribution in [3.63, 3.8) is 0 Å². The van der Waals surface area contributed by atoms with Crippen LogP contribution in [0.15, 0.2) is 23.8 Å². The van der Waals surface area contributed by atoms with Crippen molar-refractivity contribution in [1.82, 2.24) is 4.90 Å². The number of carboxylic acids is 1. The van der Waals surface area contributed by atoms with Crippen molar-refractivity contribution in [3.05, 3.63) is 34.4 Å². The molecule has 2 aliphatic rings. The first kappa shape index (κ1) is 14.9. The van der Waals surface area contributed by atoms with E-state index in [9.17, 15) is 14.7 Å². The van der Waals surface area contributed by atoms with Gasteiger partial charge in [-0.05, 0) is 37.6 Å². The van der Waals surface area contributed by atoms with Gasteiger partial charge in [0.1, 0.15) is 12.4 Å². The second-order valence-corrected chi connectivity index (χ2v) is 6.42. The lowest BCUT2D eigenvalue weighted by atomic mass is 9.90. The van der Waals surface area contributed by atoms with Gasteiger partial charge in [0.15, 0.2) is 0 Å². The number of fused-ring (bicyclic) bond motifs is 1. The smallest absolute Gasteiger partial charge is 0.311 e. The molecule has 1 amide bonds. The van der Waals surface area contributed by atoms with E-state index >= 15 is 0 Å². The Hall–Kier alpha value is -2.01. The molecular formula is C16H16ClNO4. The van der Waals surface area contributed by atoms with Crippen LogP contribution in [0.4, 0.5) is 0 Å². The maximum absolute atomic E-state index is 12.6. The molecule has 2 aliphatic heterocycles. The molecule has 116 valence electrons. The standard InChI is InChI=1S/C16H16ClNO4/c1-16(15(20)21)4-5-18(9-16)14(19)11-6-10-7-12(17)2-3-13(10)22-8-11/h2-3,6-7H,4-5,8-9H2,1H3,(H,20,21).